The highest BCUT2D eigenvalue weighted by Gasteiger charge is 2.59. The average molecular weight is 328 g/mol. The maximum Gasteiger partial charge on any atom is 0.139 e. The quantitative estimate of drug-likeness (QED) is 0.765. The largest absolute Gasteiger partial charge is 0.313 e. The average Bonchev–Trinajstić information content (AvgIpc) is 3.38. The van der Waals surface area contributed by atoms with Gasteiger partial charge in [0, 0.05) is 29.8 Å². The van der Waals surface area contributed by atoms with Gasteiger partial charge >= 0.3 is 0 Å². The van der Waals surface area contributed by atoms with Gasteiger partial charge in [0.1, 0.15) is 5.78 Å². The molecule has 5 aliphatic rings. The molecular formula is C22H33NO. The Morgan fingerprint density at radius 1 is 1.08 bits per heavy atom. The van der Waals surface area contributed by atoms with Crippen molar-refractivity contribution in [1.82, 2.24) is 5.32 Å². The predicted octanol–water partition coefficient (Wildman–Crippen LogP) is 4.64. The van der Waals surface area contributed by atoms with Gasteiger partial charge in [-0.1, -0.05) is 18.6 Å². The van der Waals surface area contributed by atoms with Gasteiger partial charge < -0.3 is 5.32 Å². The van der Waals surface area contributed by atoms with Crippen LogP contribution in [0.25, 0.3) is 0 Å². The topological polar surface area (TPSA) is 29.1 Å². The van der Waals surface area contributed by atoms with Crippen LogP contribution in [0.4, 0.5) is 0 Å². The van der Waals surface area contributed by atoms with E-state index in [-0.39, 0.29) is 5.41 Å². The molecular weight excluding hydrogens is 294 g/mol. The molecule has 2 nitrogen and oxygen atoms in total. The number of fused-ring (bicyclic) bond motifs is 5. The molecule has 0 aromatic heterocycles. The highest BCUT2D eigenvalue weighted by Crippen LogP contribution is 2.64. The number of hydrogen-bond donors (Lipinski definition) is 1. The second kappa shape index (κ2) is 5.43. The molecule has 0 bridgehead atoms. The van der Waals surface area contributed by atoms with Crippen molar-refractivity contribution in [2.75, 3.05) is 6.54 Å². The Kier molecular flexibility index (Phi) is 3.53. The van der Waals surface area contributed by atoms with E-state index in [4.69, 9.17) is 0 Å². The van der Waals surface area contributed by atoms with Crippen LogP contribution < -0.4 is 5.32 Å². The number of carbonyl (C=O) groups excluding carboxylic acids is 1. The van der Waals surface area contributed by atoms with Gasteiger partial charge in [-0.05, 0) is 82.0 Å². The molecule has 0 aromatic carbocycles. The SMILES string of the molecule is C[C@]12CC[C@@H]3[C@@H](CCC4=CCCC[C@@]43CNC3CC3)[C@@H]1CCC2=O. The zero-order valence-corrected chi connectivity index (χ0v) is 15.3. The molecule has 0 aromatic rings. The summed E-state index contributed by atoms with van der Waals surface area (Å²) in [6.07, 6.45) is 16.6. The van der Waals surface area contributed by atoms with E-state index in [9.17, 15) is 4.79 Å². The number of hydrogen-bond acceptors (Lipinski definition) is 2. The Hall–Kier alpha value is -0.630. The van der Waals surface area contributed by atoms with Crippen LogP contribution in [0.3, 0.4) is 0 Å². The first-order valence-electron chi connectivity index (χ1n) is 10.6. The summed E-state index contributed by atoms with van der Waals surface area (Å²) in [5.74, 6) is 2.92. The maximum atomic E-state index is 12.6. The first-order valence-corrected chi connectivity index (χ1v) is 10.6. The Labute approximate surface area is 146 Å². The molecule has 0 amide bonds. The molecule has 0 spiro atoms. The maximum absolute atomic E-state index is 12.6. The van der Waals surface area contributed by atoms with Gasteiger partial charge in [-0.25, -0.2) is 0 Å². The van der Waals surface area contributed by atoms with E-state index in [2.05, 4.69) is 18.3 Å². The van der Waals surface area contributed by atoms with Crippen molar-refractivity contribution in [1.29, 1.82) is 0 Å². The first kappa shape index (κ1) is 15.6. The molecule has 5 rings (SSSR count). The van der Waals surface area contributed by atoms with Crippen LogP contribution in [0.2, 0.25) is 0 Å². The third-order valence-electron chi connectivity index (χ3n) is 8.74. The number of nitrogens with one attached hydrogen (secondary N) is 1. The fourth-order valence-corrected chi connectivity index (χ4v) is 7.25. The van der Waals surface area contributed by atoms with Crippen molar-refractivity contribution in [2.45, 2.75) is 83.6 Å². The zero-order valence-electron chi connectivity index (χ0n) is 15.3. The Bertz CT molecular complexity index is 577. The van der Waals surface area contributed by atoms with Gasteiger partial charge in [0.15, 0.2) is 0 Å². The van der Waals surface area contributed by atoms with E-state index < -0.39 is 0 Å². The summed E-state index contributed by atoms with van der Waals surface area (Å²) in [5.41, 5.74) is 2.27. The van der Waals surface area contributed by atoms with Crippen molar-refractivity contribution in [3.05, 3.63) is 11.6 Å². The number of ketones is 1. The minimum Gasteiger partial charge on any atom is -0.313 e. The summed E-state index contributed by atoms with van der Waals surface area (Å²) in [7, 11) is 0. The standard InChI is InChI=1S/C22H33NO/c1-21-13-11-19-17(18(21)9-10-20(21)24)8-5-15-4-2-3-12-22(15,19)14-23-16-6-7-16/h4,16-19,23H,2-3,5-14H2,1H3/t17-,18-,19+,21-,22+/m0/s1. The van der Waals surface area contributed by atoms with Gasteiger partial charge in [-0.3, -0.25) is 4.79 Å². The first-order chi connectivity index (χ1) is 11.6. The molecule has 5 atom stereocenters. The lowest BCUT2D eigenvalue weighted by Crippen LogP contribution is -2.54. The molecule has 0 aliphatic heterocycles. The minimum absolute atomic E-state index is 0.0299. The lowest BCUT2D eigenvalue weighted by molar-refractivity contribution is -0.132. The van der Waals surface area contributed by atoms with Crippen molar-refractivity contribution in [2.24, 2.45) is 28.6 Å². The van der Waals surface area contributed by atoms with Crippen LogP contribution in [-0.4, -0.2) is 18.4 Å². The van der Waals surface area contributed by atoms with Crippen LogP contribution >= 0.6 is 0 Å². The fraction of sp³-hybridized carbons (Fsp3) is 0.864. The molecule has 0 heterocycles. The van der Waals surface area contributed by atoms with Crippen LogP contribution in [0.5, 0.6) is 0 Å². The van der Waals surface area contributed by atoms with Crippen molar-refractivity contribution >= 4 is 5.78 Å². The molecule has 0 saturated heterocycles. The molecule has 4 fully saturated rings. The molecule has 5 aliphatic carbocycles. The zero-order chi connectivity index (χ0) is 16.4. The lowest BCUT2D eigenvalue weighted by Gasteiger charge is -2.58. The summed E-state index contributed by atoms with van der Waals surface area (Å²) >= 11 is 0. The van der Waals surface area contributed by atoms with Gasteiger partial charge in [0.25, 0.3) is 0 Å². The van der Waals surface area contributed by atoms with E-state index in [0.717, 1.165) is 30.7 Å². The molecule has 0 unspecified atom stereocenters. The molecule has 24 heavy (non-hydrogen) atoms. The summed E-state index contributed by atoms with van der Waals surface area (Å²) in [5, 5.41) is 3.92. The third-order valence-corrected chi connectivity index (χ3v) is 8.74. The molecule has 2 heteroatoms. The summed E-state index contributed by atoms with van der Waals surface area (Å²) < 4.78 is 0. The van der Waals surface area contributed by atoms with Crippen LogP contribution in [0, 0.1) is 28.6 Å². The highest BCUT2D eigenvalue weighted by molar-refractivity contribution is 5.87. The van der Waals surface area contributed by atoms with Gasteiger partial charge in [0.2, 0.25) is 0 Å². The van der Waals surface area contributed by atoms with Crippen molar-refractivity contribution < 1.29 is 4.79 Å². The van der Waals surface area contributed by atoms with Gasteiger partial charge in [-0.2, -0.15) is 0 Å². The van der Waals surface area contributed by atoms with E-state index in [1.54, 1.807) is 5.57 Å². The van der Waals surface area contributed by atoms with Gasteiger partial charge in [0.05, 0.1) is 0 Å². The van der Waals surface area contributed by atoms with E-state index in [0.29, 0.717) is 17.1 Å². The van der Waals surface area contributed by atoms with Gasteiger partial charge in [-0.15, -0.1) is 0 Å². The lowest BCUT2D eigenvalue weighted by atomic mass is 9.47. The second-order valence-electron chi connectivity index (χ2n) is 9.77. The highest BCUT2D eigenvalue weighted by atomic mass is 16.1. The van der Waals surface area contributed by atoms with E-state index >= 15 is 0 Å². The molecule has 4 saturated carbocycles. The number of rotatable bonds is 3. The number of carbonyl (C=O) groups is 1. The molecule has 0 radical (unpaired) electrons. The Balaban J connectivity index is 1.48. The van der Waals surface area contributed by atoms with Crippen LogP contribution in [-0.2, 0) is 4.79 Å². The monoisotopic (exact) mass is 327 g/mol. The third kappa shape index (κ3) is 2.14. The van der Waals surface area contributed by atoms with E-state index in [1.165, 1.54) is 64.3 Å². The predicted molar refractivity (Wildman–Crippen MR) is 96.7 cm³/mol. The Morgan fingerprint density at radius 3 is 2.79 bits per heavy atom. The smallest absolute Gasteiger partial charge is 0.139 e. The fourth-order valence-electron chi connectivity index (χ4n) is 7.25. The molecule has 1 N–H and O–H groups in total. The Morgan fingerprint density at radius 2 is 1.96 bits per heavy atom. The number of allylic oxidation sites excluding steroid dienone is 1. The van der Waals surface area contributed by atoms with E-state index in [1.807, 2.05) is 0 Å². The van der Waals surface area contributed by atoms with Crippen LogP contribution in [0.1, 0.15) is 77.6 Å². The van der Waals surface area contributed by atoms with Crippen LogP contribution in [0.15, 0.2) is 11.6 Å². The molecule has 132 valence electrons. The minimum atomic E-state index is 0.0299. The summed E-state index contributed by atoms with van der Waals surface area (Å²) in [6.45, 7) is 3.53. The van der Waals surface area contributed by atoms with Crippen molar-refractivity contribution in [3.63, 3.8) is 0 Å². The van der Waals surface area contributed by atoms with Crippen molar-refractivity contribution in [3.8, 4) is 0 Å². The summed E-state index contributed by atoms with van der Waals surface area (Å²) in [6, 6.07) is 0.810. The normalized spacial score (nSPS) is 47.6. The second-order valence-corrected chi connectivity index (χ2v) is 9.77. The number of Topliss-reactive ketones (excluding diaryl/α,β-unsaturated/α-hetero) is 1. The summed E-state index contributed by atoms with van der Waals surface area (Å²) in [4.78, 5) is 12.6.